The Morgan fingerprint density at radius 3 is 2.52 bits per heavy atom. The Kier molecular flexibility index (Phi) is 6.30. The minimum absolute atomic E-state index is 0. The minimum atomic E-state index is -0.458. The molecule has 0 aliphatic heterocycles. The van der Waals surface area contributed by atoms with Crippen molar-refractivity contribution >= 4 is 19.5 Å². The molecule has 4 heteroatoms. The van der Waals surface area contributed by atoms with E-state index in [9.17, 15) is 0 Å². The van der Waals surface area contributed by atoms with E-state index in [1.807, 2.05) is 0 Å². The van der Waals surface area contributed by atoms with E-state index in [1.165, 1.54) is 10.8 Å². The fourth-order valence-electron chi connectivity index (χ4n) is 3.41. The van der Waals surface area contributed by atoms with Gasteiger partial charge in [0.2, 0.25) is 0 Å². The molecule has 0 heterocycles. The van der Waals surface area contributed by atoms with Crippen LogP contribution in [0, 0.1) is 0 Å². The zero-order valence-electron chi connectivity index (χ0n) is 13.1. The van der Waals surface area contributed by atoms with Crippen LogP contribution in [0.2, 0.25) is 13.1 Å². The Balaban J connectivity index is 0.000000960. The van der Waals surface area contributed by atoms with Gasteiger partial charge in [-0.15, -0.1) is 0 Å². The van der Waals surface area contributed by atoms with Crippen molar-refractivity contribution < 1.29 is 46.7 Å². The van der Waals surface area contributed by atoms with Crippen molar-refractivity contribution in [1.29, 1.82) is 0 Å². The first kappa shape index (κ1) is 18.9. The maximum Gasteiger partial charge on any atom is -1.00 e. The SMILES string of the molecule is C[Si](C)=[Zr+2][C]1=C2C=CC=CC2c2ccc3ccccc3c21.[Cl-].[Cl-]. The normalized spacial score (nSPS) is 17.0. The van der Waals surface area contributed by atoms with Gasteiger partial charge < -0.3 is 24.8 Å². The predicted octanol–water partition coefficient (Wildman–Crippen LogP) is -0.884. The Labute approximate surface area is 161 Å². The Morgan fingerprint density at radius 1 is 0.957 bits per heavy atom. The third-order valence-electron chi connectivity index (χ3n) is 4.24. The van der Waals surface area contributed by atoms with Gasteiger partial charge in [0.1, 0.15) is 0 Å². The van der Waals surface area contributed by atoms with E-state index in [0.29, 0.717) is 5.92 Å². The molecule has 115 valence electrons. The van der Waals surface area contributed by atoms with E-state index in [2.05, 4.69) is 73.8 Å². The summed E-state index contributed by atoms with van der Waals surface area (Å²) in [6, 6.07) is 13.6. The van der Waals surface area contributed by atoms with E-state index in [1.54, 1.807) is 20.0 Å². The zero-order valence-corrected chi connectivity index (χ0v) is 18.1. The molecule has 1 atom stereocenters. The van der Waals surface area contributed by atoms with Gasteiger partial charge in [0.05, 0.1) is 0 Å². The third-order valence-corrected chi connectivity index (χ3v) is 11.8. The minimum Gasteiger partial charge on any atom is -1.00 e. The Bertz CT molecular complexity index is 874. The topological polar surface area (TPSA) is 0 Å². The standard InChI is InChI=1S/C17H11.C2H6Si.2ClH.Zr/c1-3-7-14-12(5-1)9-10-16-15-8-4-2-6-13(15)11-17(14)16;1-3-2;;;/h1-10,15H;1-2H3;2*1H;/q;;;;+2/p-2. The van der Waals surface area contributed by atoms with Gasteiger partial charge in [0, 0.05) is 0 Å². The van der Waals surface area contributed by atoms with Crippen molar-refractivity contribution in [2.45, 2.75) is 19.0 Å². The molecule has 2 aromatic carbocycles. The number of fused-ring (bicyclic) bond motifs is 5. The smallest absolute Gasteiger partial charge is 1.00 e. The molecular formula is C19H17Cl2SiZr. The van der Waals surface area contributed by atoms with E-state index < -0.39 is 21.9 Å². The predicted molar refractivity (Wildman–Crippen MR) is 89.4 cm³/mol. The van der Waals surface area contributed by atoms with Crippen molar-refractivity contribution in [1.82, 2.24) is 0 Å². The molecule has 1 unspecified atom stereocenters. The molecule has 2 aliphatic carbocycles. The number of benzene rings is 2. The first-order chi connectivity index (χ1) is 10.3. The second-order valence-electron chi connectivity index (χ2n) is 5.93. The van der Waals surface area contributed by atoms with E-state index in [0.717, 1.165) is 0 Å². The molecule has 0 saturated carbocycles. The van der Waals surface area contributed by atoms with Gasteiger partial charge in [-0.05, 0) is 0 Å². The molecule has 0 aromatic heterocycles. The van der Waals surface area contributed by atoms with E-state index in [4.69, 9.17) is 0 Å². The summed E-state index contributed by atoms with van der Waals surface area (Å²) in [5, 5.41) is 2.86. The molecule has 23 heavy (non-hydrogen) atoms. The molecule has 0 radical (unpaired) electrons. The molecule has 0 spiro atoms. The fraction of sp³-hybridized carbons (Fsp3) is 0.158. The summed E-state index contributed by atoms with van der Waals surface area (Å²) in [4.78, 5) is 0. The van der Waals surface area contributed by atoms with Crippen LogP contribution in [-0.2, 0) is 21.9 Å². The van der Waals surface area contributed by atoms with Crippen molar-refractivity contribution in [2.24, 2.45) is 0 Å². The van der Waals surface area contributed by atoms with Crippen molar-refractivity contribution in [3.05, 3.63) is 77.4 Å². The van der Waals surface area contributed by atoms with Crippen LogP contribution in [0.3, 0.4) is 0 Å². The molecule has 0 bridgehead atoms. The van der Waals surface area contributed by atoms with Crippen LogP contribution in [0.5, 0.6) is 0 Å². The summed E-state index contributed by atoms with van der Waals surface area (Å²) in [6.45, 7) is 4.98. The summed E-state index contributed by atoms with van der Waals surface area (Å²) in [7, 11) is 0. The van der Waals surface area contributed by atoms with Crippen LogP contribution in [0.25, 0.3) is 14.1 Å². The fourth-order valence-corrected chi connectivity index (χ4v) is 11.1. The van der Waals surface area contributed by atoms with Gasteiger partial charge in [-0.2, -0.15) is 0 Å². The van der Waals surface area contributed by atoms with Gasteiger partial charge in [-0.1, -0.05) is 0 Å². The number of halogens is 2. The summed E-state index contributed by atoms with van der Waals surface area (Å²) in [5.74, 6) is 0.520. The zero-order chi connectivity index (χ0) is 14.4. The van der Waals surface area contributed by atoms with Crippen LogP contribution in [0.15, 0.2) is 66.3 Å². The van der Waals surface area contributed by atoms with Crippen LogP contribution < -0.4 is 24.8 Å². The van der Waals surface area contributed by atoms with Gasteiger partial charge in [0.15, 0.2) is 0 Å². The summed E-state index contributed by atoms with van der Waals surface area (Å²) in [5.41, 5.74) is 4.63. The Hall–Kier alpha value is -0.400. The maximum atomic E-state index is 2.49. The summed E-state index contributed by atoms with van der Waals surface area (Å²) < 4.78 is 1.77. The first-order valence-corrected chi connectivity index (χ1v) is 14.9. The molecule has 2 aromatic rings. The van der Waals surface area contributed by atoms with Gasteiger partial charge in [-0.25, -0.2) is 0 Å². The molecule has 0 saturated heterocycles. The number of hydrogen-bond donors (Lipinski definition) is 0. The van der Waals surface area contributed by atoms with E-state index in [-0.39, 0.29) is 30.2 Å². The summed E-state index contributed by atoms with van der Waals surface area (Å²) >= 11 is -0.458. The largest absolute Gasteiger partial charge is 1.00 e. The van der Waals surface area contributed by atoms with Crippen LogP contribution in [0.1, 0.15) is 17.0 Å². The maximum absolute atomic E-state index is 2.49. The molecule has 0 N–H and O–H groups in total. The van der Waals surface area contributed by atoms with Crippen molar-refractivity contribution in [2.75, 3.05) is 0 Å². The average Bonchev–Trinajstić information content (AvgIpc) is 2.82. The molecule has 4 rings (SSSR count). The second kappa shape index (κ2) is 7.66. The van der Waals surface area contributed by atoms with Crippen molar-refractivity contribution in [3.8, 4) is 0 Å². The molecule has 2 aliphatic rings. The third kappa shape index (κ3) is 3.24. The van der Waals surface area contributed by atoms with E-state index >= 15 is 0 Å². The second-order valence-corrected chi connectivity index (χ2v) is 18.6. The van der Waals surface area contributed by atoms with Crippen LogP contribution in [-0.4, -0.2) is 5.43 Å². The monoisotopic (exact) mass is 433 g/mol. The van der Waals surface area contributed by atoms with Crippen molar-refractivity contribution in [3.63, 3.8) is 0 Å². The first-order valence-electron chi connectivity index (χ1n) is 7.44. The number of hydrogen-bond acceptors (Lipinski definition) is 0. The number of rotatable bonds is 1. The van der Waals surface area contributed by atoms with Gasteiger partial charge in [-0.3, -0.25) is 0 Å². The number of allylic oxidation sites excluding steroid dienone is 5. The average molecular weight is 436 g/mol. The molecular weight excluding hydrogens is 418 g/mol. The summed E-state index contributed by atoms with van der Waals surface area (Å²) in [6.07, 6.45) is 9.19. The Morgan fingerprint density at radius 2 is 1.74 bits per heavy atom. The quantitative estimate of drug-likeness (QED) is 0.511. The molecule has 0 fully saturated rings. The molecule has 0 amide bonds. The van der Waals surface area contributed by atoms with Gasteiger partial charge >= 0.3 is 138 Å². The van der Waals surface area contributed by atoms with Gasteiger partial charge in [0.25, 0.3) is 0 Å². The molecule has 0 nitrogen and oxygen atoms in total. The van der Waals surface area contributed by atoms with Crippen LogP contribution in [0.4, 0.5) is 0 Å². The van der Waals surface area contributed by atoms with Crippen LogP contribution >= 0.6 is 0 Å².